The third kappa shape index (κ3) is 63.3. The van der Waals surface area contributed by atoms with Crippen LogP contribution in [0.15, 0.2) is 36.5 Å². The molecule has 1 aliphatic rings. The van der Waals surface area contributed by atoms with Gasteiger partial charge in [-0.25, -0.2) is 0 Å². The molecule has 97 heavy (non-hydrogen) atoms. The fraction of sp³-hybridized carbons (Fsp3) is 0.907. The van der Waals surface area contributed by atoms with Gasteiger partial charge in [-0.1, -0.05) is 403 Å². The quantitative estimate of drug-likeness (QED) is 0.0195. The summed E-state index contributed by atoms with van der Waals surface area (Å²) in [5.41, 5.74) is 0. The molecule has 0 saturated carbocycles. The summed E-state index contributed by atoms with van der Waals surface area (Å²) in [5.74, 6) is -0.166. The molecule has 1 aliphatic heterocycles. The summed E-state index contributed by atoms with van der Waals surface area (Å²) in [6.07, 6.45) is 89.2. The fourth-order valence-electron chi connectivity index (χ4n) is 13.8. The minimum absolute atomic E-state index is 0.0225. The Hall–Kier alpha value is -2.12. The van der Waals surface area contributed by atoms with Crippen molar-refractivity contribution in [2.75, 3.05) is 19.8 Å². The molecule has 11 nitrogen and oxygen atoms in total. The highest BCUT2D eigenvalue weighted by Crippen LogP contribution is 2.24. The first-order valence-electron chi connectivity index (χ1n) is 42.8. The average molecular weight is 1370 g/mol. The first kappa shape index (κ1) is 92.9. The molecule has 0 aromatic carbocycles. The van der Waals surface area contributed by atoms with E-state index in [1.165, 1.54) is 347 Å². The number of allylic oxidation sites excluding steroid dienone is 5. The lowest BCUT2D eigenvalue weighted by Crippen LogP contribution is -2.60. The molecule has 6 N–H and O–H groups in total. The van der Waals surface area contributed by atoms with Crippen molar-refractivity contribution in [1.82, 2.24) is 5.32 Å². The van der Waals surface area contributed by atoms with Gasteiger partial charge in [0.15, 0.2) is 6.29 Å². The molecular weight excluding hydrogens is 1210 g/mol. The first-order chi connectivity index (χ1) is 47.7. The second-order valence-corrected chi connectivity index (χ2v) is 29.9. The van der Waals surface area contributed by atoms with Crippen molar-refractivity contribution in [3.05, 3.63) is 36.5 Å². The van der Waals surface area contributed by atoms with Crippen LogP contribution in [-0.4, -0.2) is 100 Å². The molecule has 0 bridgehead atoms. The van der Waals surface area contributed by atoms with Crippen LogP contribution in [0.4, 0.5) is 0 Å². The standard InChI is InChI=1S/C86H163NO10/c1-3-5-7-9-11-13-15-17-19-46-50-54-58-62-66-70-74-82(91)95-75-71-67-63-59-55-51-47-44-42-40-38-36-34-32-30-28-26-24-22-20-21-23-25-27-29-31-33-35-37-39-41-43-45-49-53-57-61-65-69-73-81(90)87-78(77-96-86-85(94)84(93)83(92)80(76-88)97-86)79(89)72-68-64-60-56-52-48-18-16-14-12-10-8-6-4-2/h14,16,52,56,68,72,78-80,83-86,88-89,92-94H,3-13,15,17-51,53-55,57-67,69-71,73-77H2,1-2H3,(H,87,90)/b16-14+,56-52+,72-68+. The van der Waals surface area contributed by atoms with Crippen molar-refractivity contribution in [2.45, 2.75) is 480 Å². The van der Waals surface area contributed by atoms with E-state index in [1.54, 1.807) is 6.08 Å². The summed E-state index contributed by atoms with van der Waals surface area (Å²) >= 11 is 0. The third-order valence-electron chi connectivity index (χ3n) is 20.5. The van der Waals surface area contributed by atoms with E-state index in [4.69, 9.17) is 14.2 Å². The average Bonchev–Trinajstić information content (AvgIpc) is 0.843. The minimum atomic E-state index is -1.58. The molecule has 1 heterocycles. The molecule has 1 amide bonds. The molecular formula is C86H163NO10. The van der Waals surface area contributed by atoms with Crippen molar-refractivity contribution < 1.29 is 49.3 Å². The molecule has 572 valence electrons. The predicted octanol–water partition coefficient (Wildman–Crippen LogP) is 23.6. The van der Waals surface area contributed by atoms with Crippen LogP contribution in [0.1, 0.15) is 438 Å². The maximum atomic E-state index is 13.1. The monoisotopic (exact) mass is 1370 g/mol. The number of aliphatic hydroxyl groups is 5. The number of rotatable bonds is 77. The van der Waals surface area contributed by atoms with Crippen molar-refractivity contribution in [3.8, 4) is 0 Å². The van der Waals surface area contributed by atoms with Gasteiger partial charge in [0.25, 0.3) is 0 Å². The van der Waals surface area contributed by atoms with Gasteiger partial charge in [0.1, 0.15) is 24.4 Å². The van der Waals surface area contributed by atoms with E-state index in [0.29, 0.717) is 19.4 Å². The lowest BCUT2D eigenvalue weighted by Gasteiger charge is -2.40. The number of carbonyl (C=O) groups excluding carboxylic acids is 2. The number of esters is 1. The van der Waals surface area contributed by atoms with Crippen LogP contribution in [0.25, 0.3) is 0 Å². The minimum Gasteiger partial charge on any atom is -0.466 e. The lowest BCUT2D eigenvalue weighted by atomic mass is 9.99. The first-order valence-corrected chi connectivity index (χ1v) is 42.8. The SMILES string of the molecule is CCCCCC/C=C/CC/C=C/CC/C=C/C(O)C(COC1OC(CO)C(O)C(O)C1O)NC(=O)CCCCCCCCCCCCCCCCCCCCCCCCCCCCCCCCCCCCCCCCCOC(=O)CCCCCCCCCCCCCCCCCC. The molecule has 1 saturated heterocycles. The maximum Gasteiger partial charge on any atom is 0.305 e. The maximum absolute atomic E-state index is 13.1. The zero-order chi connectivity index (χ0) is 70.1. The van der Waals surface area contributed by atoms with Gasteiger partial charge >= 0.3 is 5.97 Å². The lowest BCUT2D eigenvalue weighted by molar-refractivity contribution is -0.302. The Labute approximate surface area is 600 Å². The molecule has 0 spiro atoms. The number of aliphatic hydroxyl groups excluding tert-OH is 5. The van der Waals surface area contributed by atoms with Crippen LogP contribution in [0, 0.1) is 0 Å². The zero-order valence-electron chi connectivity index (χ0n) is 64.1. The Bertz CT molecular complexity index is 1710. The Balaban J connectivity index is 1.87. The third-order valence-corrected chi connectivity index (χ3v) is 20.5. The van der Waals surface area contributed by atoms with Crippen molar-refractivity contribution >= 4 is 11.9 Å². The molecule has 0 aromatic rings. The number of amides is 1. The van der Waals surface area contributed by atoms with E-state index in [1.807, 2.05) is 6.08 Å². The van der Waals surface area contributed by atoms with Crippen LogP contribution in [0.3, 0.4) is 0 Å². The van der Waals surface area contributed by atoms with E-state index < -0.39 is 49.5 Å². The Morgan fingerprint density at radius 3 is 1.02 bits per heavy atom. The Morgan fingerprint density at radius 1 is 0.371 bits per heavy atom. The van der Waals surface area contributed by atoms with Crippen molar-refractivity contribution in [3.63, 3.8) is 0 Å². The van der Waals surface area contributed by atoms with E-state index in [0.717, 1.165) is 64.2 Å². The summed E-state index contributed by atoms with van der Waals surface area (Å²) in [4.78, 5) is 25.2. The van der Waals surface area contributed by atoms with Gasteiger partial charge < -0.3 is 45.1 Å². The van der Waals surface area contributed by atoms with Gasteiger partial charge in [-0.2, -0.15) is 0 Å². The van der Waals surface area contributed by atoms with Crippen molar-refractivity contribution in [1.29, 1.82) is 0 Å². The highest BCUT2D eigenvalue weighted by Gasteiger charge is 2.44. The number of ether oxygens (including phenoxy) is 3. The van der Waals surface area contributed by atoms with Crippen molar-refractivity contribution in [2.24, 2.45) is 0 Å². The van der Waals surface area contributed by atoms with Gasteiger partial charge in [-0.15, -0.1) is 0 Å². The predicted molar refractivity (Wildman–Crippen MR) is 412 cm³/mol. The fourth-order valence-corrected chi connectivity index (χ4v) is 13.8. The smallest absolute Gasteiger partial charge is 0.305 e. The van der Waals surface area contributed by atoms with Gasteiger partial charge in [0.05, 0.1) is 32.0 Å². The number of unbranched alkanes of at least 4 members (excludes halogenated alkanes) is 59. The highest BCUT2D eigenvalue weighted by atomic mass is 16.7. The molecule has 1 rings (SSSR count). The van der Waals surface area contributed by atoms with Crippen LogP contribution in [0.5, 0.6) is 0 Å². The zero-order valence-corrected chi connectivity index (χ0v) is 64.1. The van der Waals surface area contributed by atoms with E-state index in [9.17, 15) is 35.1 Å². The normalized spacial score (nSPS) is 17.4. The molecule has 0 radical (unpaired) electrons. The summed E-state index contributed by atoms with van der Waals surface area (Å²) in [7, 11) is 0. The summed E-state index contributed by atoms with van der Waals surface area (Å²) in [6.45, 7) is 4.37. The van der Waals surface area contributed by atoms with Gasteiger partial charge in [0.2, 0.25) is 5.91 Å². The topological polar surface area (TPSA) is 175 Å². The summed E-state index contributed by atoms with van der Waals surface area (Å²) in [5, 5.41) is 54.6. The molecule has 0 aliphatic carbocycles. The van der Waals surface area contributed by atoms with Gasteiger partial charge in [0, 0.05) is 12.8 Å². The highest BCUT2D eigenvalue weighted by molar-refractivity contribution is 5.76. The Kier molecular flexibility index (Phi) is 71.9. The van der Waals surface area contributed by atoms with Crippen LogP contribution >= 0.6 is 0 Å². The van der Waals surface area contributed by atoms with E-state index >= 15 is 0 Å². The second kappa shape index (κ2) is 75.1. The van der Waals surface area contributed by atoms with E-state index in [-0.39, 0.29) is 18.5 Å². The number of nitrogens with one attached hydrogen (secondary N) is 1. The summed E-state index contributed by atoms with van der Waals surface area (Å²) in [6, 6.07) is -0.830. The van der Waals surface area contributed by atoms with Crippen LogP contribution in [0.2, 0.25) is 0 Å². The van der Waals surface area contributed by atoms with Crippen LogP contribution in [-0.2, 0) is 23.8 Å². The second-order valence-electron chi connectivity index (χ2n) is 29.9. The van der Waals surface area contributed by atoms with Crippen LogP contribution < -0.4 is 5.32 Å². The largest absolute Gasteiger partial charge is 0.466 e. The molecule has 11 heteroatoms. The Morgan fingerprint density at radius 2 is 0.670 bits per heavy atom. The summed E-state index contributed by atoms with van der Waals surface area (Å²) < 4.78 is 16.8. The molecule has 7 atom stereocenters. The molecule has 7 unspecified atom stereocenters. The van der Waals surface area contributed by atoms with Gasteiger partial charge in [-0.3, -0.25) is 9.59 Å². The molecule has 1 fully saturated rings. The van der Waals surface area contributed by atoms with Gasteiger partial charge in [-0.05, 0) is 57.8 Å². The number of hydrogen-bond acceptors (Lipinski definition) is 10. The number of hydrogen-bond donors (Lipinski definition) is 6. The van der Waals surface area contributed by atoms with E-state index in [2.05, 4.69) is 43.5 Å². The molecule has 0 aromatic heterocycles. The number of carbonyl (C=O) groups is 2.